The van der Waals surface area contributed by atoms with Crippen LogP contribution in [-0.2, 0) is 7.05 Å². The quantitative estimate of drug-likeness (QED) is 0.869. The van der Waals surface area contributed by atoms with Crippen LogP contribution in [0.2, 0.25) is 0 Å². The maximum absolute atomic E-state index is 14.1. The van der Waals surface area contributed by atoms with E-state index < -0.39 is 5.82 Å². The minimum absolute atomic E-state index is 0.0565. The molecule has 0 saturated heterocycles. The van der Waals surface area contributed by atoms with E-state index in [4.69, 9.17) is 4.74 Å². The zero-order valence-corrected chi connectivity index (χ0v) is 14.5. The van der Waals surface area contributed by atoms with E-state index >= 15 is 0 Å². The molecule has 7 heteroatoms. The van der Waals surface area contributed by atoms with Gasteiger partial charge in [-0.3, -0.25) is 9.48 Å². The summed E-state index contributed by atoms with van der Waals surface area (Å²) in [4.78, 5) is 12.6. The molecular weight excluding hydrogens is 325 g/mol. The molecule has 6 nitrogen and oxygen atoms in total. The zero-order chi connectivity index (χ0) is 18.1. The second kappa shape index (κ2) is 6.84. The van der Waals surface area contributed by atoms with E-state index in [1.54, 1.807) is 25.2 Å². The Labute approximate surface area is 145 Å². The van der Waals surface area contributed by atoms with Gasteiger partial charge in [0.1, 0.15) is 5.69 Å². The molecule has 1 aromatic carbocycles. The molecular formula is C18H22FN3O3. The number of aryl methyl sites for hydroxylation is 2. The molecule has 1 saturated carbocycles. The van der Waals surface area contributed by atoms with E-state index in [9.17, 15) is 14.3 Å². The van der Waals surface area contributed by atoms with Crippen LogP contribution in [0.15, 0.2) is 24.3 Å². The van der Waals surface area contributed by atoms with Crippen molar-refractivity contribution in [2.45, 2.75) is 31.9 Å². The lowest BCUT2D eigenvalue weighted by molar-refractivity contribution is 0.0233. The van der Waals surface area contributed by atoms with E-state index in [2.05, 4.69) is 10.4 Å². The fourth-order valence-corrected chi connectivity index (χ4v) is 3.29. The van der Waals surface area contributed by atoms with Crippen molar-refractivity contribution in [2.24, 2.45) is 13.0 Å². The summed E-state index contributed by atoms with van der Waals surface area (Å²) in [6.07, 6.45) is 0.776. The van der Waals surface area contributed by atoms with Gasteiger partial charge >= 0.3 is 0 Å². The Balaban J connectivity index is 1.86. The Morgan fingerprint density at radius 2 is 2.16 bits per heavy atom. The number of rotatable bonds is 5. The predicted octanol–water partition coefficient (Wildman–Crippen LogP) is 2.12. The molecule has 0 aliphatic heterocycles. The van der Waals surface area contributed by atoms with Crippen LogP contribution in [0.25, 0.3) is 0 Å². The number of aliphatic hydroxyl groups excluding tert-OH is 1. The number of nitrogens with one attached hydrogen (secondary N) is 1. The Bertz CT molecular complexity index is 784. The molecule has 0 bridgehead atoms. The van der Waals surface area contributed by atoms with E-state index in [1.165, 1.54) is 17.9 Å². The minimum atomic E-state index is -0.476. The number of amides is 1. The summed E-state index contributed by atoms with van der Waals surface area (Å²) in [7, 11) is 3.11. The number of methoxy groups -OCH3 is 1. The molecule has 2 aromatic rings. The first-order valence-corrected chi connectivity index (χ1v) is 8.22. The van der Waals surface area contributed by atoms with Crippen molar-refractivity contribution < 1.29 is 19.0 Å². The number of halogens is 1. The van der Waals surface area contributed by atoms with Crippen LogP contribution in [-0.4, -0.2) is 34.0 Å². The molecule has 1 aromatic heterocycles. The number of carbonyl (C=O) groups is 1. The van der Waals surface area contributed by atoms with E-state index in [-0.39, 0.29) is 29.7 Å². The molecule has 0 radical (unpaired) electrons. The Morgan fingerprint density at radius 1 is 1.44 bits per heavy atom. The Hall–Kier alpha value is -2.41. The molecule has 3 rings (SSSR count). The first-order chi connectivity index (χ1) is 11.9. The molecule has 1 aliphatic rings. The van der Waals surface area contributed by atoms with Crippen molar-refractivity contribution >= 4 is 5.91 Å². The summed E-state index contributed by atoms with van der Waals surface area (Å²) in [6, 6.07) is 5.99. The fraction of sp³-hybridized carbons (Fsp3) is 0.444. The van der Waals surface area contributed by atoms with E-state index in [0.29, 0.717) is 24.1 Å². The topological polar surface area (TPSA) is 76.4 Å². The fourth-order valence-electron chi connectivity index (χ4n) is 3.29. The first-order valence-electron chi connectivity index (χ1n) is 8.22. The molecule has 1 fully saturated rings. The maximum atomic E-state index is 14.1. The van der Waals surface area contributed by atoms with Crippen molar-refractivity contribution in [1.29, 1.82) is 0 Å². The van der Waals surface area contributed by atoms with E-state index in [1.807, 2.05) is 6.92 Å². The maximum Gasteiger partial charge on any atom is 0.270 e. The Kier molecular flexibility index (Phi) is 4.76. The van der Waals surface area contributed by atoms with Gasteiger partial charge < -0.3 is 15.2 Å². The van der Waals surface area contributed by atoms with Gasteiger partial charge in [-0.25, -0.2) is 4.39 Å². The third kappa shape index (κ3) is 3.51. The highest BCUT2D eigenvalue weighted by Gasteiger charge is 2.36. The first kappa shape index (κ1) is 17.4. The van der Waals surface area contributed by atoms with Crippen LogP contribution in [0.1, 0.15) is 40.6 Å². The molecule has 1 atom stereocenters. The SMILES string of the molecule is COc1ccc(C(NC(=O)c2cc(C)nn2C)C2CC(O)C2)cc1F. The highest BCUT2D eigenvalue weighted by Crippen LogP contribution is 2.39. The second-order valence-electron chi connectivity index (χ2n) is 6.52. The number of aromatic nitrogens is 2. The van der Waals surface area contributed by atoms with Crippen molar-refractivity contribution in [3.05, 3.63) is 47.0 Å². The molecule has 134 valence electrons. The number of hydrogen-bond acceptors (Lipinski definition) is 4. The molecule has 0 spiro atoms. The number of nitrogens with zero attached hydrogens (tertiary/aromatic N) is 2. The van der Waals surface area contributed by atoms with Gasteiger partial charge in [-0.05, 0) is 49.4 Å². The number of carbonyl (C=O) groups excluding carboxylic acids is 1. The highest BCUT2D eigenvalue weighted by atomic mass is 19.1. The lowest BCUT2D eigenvalue weighted by atomic mass is 9.75. The van der Waals surface area contributed by atoms with Gasteiger partial charge in [0.25, 0.3) is 5.91 Å². The van der Waals surface area contributed by atoms with Crippen molar-refractivity contribution in [3.63, 3.8) is 0 Å². The predicted molar refractivity (Wildman–Crippen MR) is 89.8 cm³/mol. The van der Waals surface area contributed by atoms with Gasteiger partial charge in [0.2, 0.25) is 0 Å². The second-order valence-corrected chi connectivity index (χ2v) is 6.52. The van der Waals surface area contributed by atoms with Gasteiger partial charge in [0.05, 0.1) is 24.9 Å². The molecule has 1 aliphatic carbocycles. The summed E-state index contributed by atoms with van der Waals surface area (Å²) >= 11 is 0. The molecule has 2 N–H and O–H groups in total. The number of aliphatic hydroxyl groups is 1. The van der Waals surface area contributed by atoms with Gasteiger partial charge in [0, 0.05) is 7.05 Å². The summed E-state index contributed by atoms with van der Waals surface area (Å²) in [5.41, 5.74) is 1.84. The molecule has 1 amide bonds. The van der Waals surface area contributed by atoms with Crippen LogP contribution in [0.4, 0.5) is 4.39 Å². The van der Waals surface area contributed by atoms with Crippen LogP contribution in [0, 0.1) is 18.7 Å². The number of ether oxygens (including phenoxy) is 1. The number of benzene rings is 1. The van der Waals surface area contributed by atoms with Crippen LogP contribution >= 0.6 is 0 Å². The average Bonchev–Trinajstić information content (AvgIpc) is 2.88. The third-order valence-electron chi connectivity index (χ3n) is 4.68. The van der Waals surface area contributed by atoms with Gasteiger partial charge in [0.15, 0.2) is 11.6 Å². The van der Waals surface area contributed by atoms with E-state index in [0.717, 1.165) is 5.69 Å². The molecule has 1 heterocycles. The standard InChI is InChI=1S/C18H22FN3O3/c1-10-6-15(22(2)21-10)18(24)20-17(12-7-13(23)8-12)11-4-5-16(25-3)14(19)9-11/h4-6,9,12-13,17,23H,7-8H2,1-3H3,(H,20,24). The molecule has 25 heavy (non-hydrogen) atoms. The smallest absolute Gasteiger partial charge is 0.270 e. The van der Waals surface area contributed by atoms with Crippen LogP contribution in [0.5, 0.6) is 5.75 Å². The Morgan fingerprint density at radius 3 is 2.68 bits per heavy atom. The summed E-state index contributed by atoms with van der Waals surface area (Å²) in [5, 5.41) is 16.8. The highest BCUT2D eigenvalue weighted by molar-refractivity contribution is 5.93. The van der Waals surface area contributed by atoms with Gasteiger partial charge in [-0.2, -0.15) is 5.10 Å². The monoisotopic (exact) mass is 347 g/mol. The summed E-state index contributed by atoms with van der Waals surface area (Å²) in [5.74, 6) is -0.535. The average molecular weight is 347 g/mol. The summed E-state index contributed by atoms with van der Waals surface area (Å²) < 4.78 is 20.6. The zero-order valence-electron chi connectivity index (χ0n) is 14.5. The van der Waals surface area contributed by atoms with Crippen molar-refractivity contribution in [3.8, 4) is 5.75 Å². The van der Waals surface area contributed by atoms with Crippen LogP contribution in [0.3, 0.4) is 0 Å². The lowest BCUT2D eigenvalue weighted by Crippen LogP contribution is -2.41. The normalized spacial score (nSPS) is 20.7. The lowest BCUT2D eigenvalue weighted by Gasteiger charge is -2.38. The summed E-state index contributed by atoms with van der Waals surface area (Å²) in [6.45, 7) is 1.81. The van der Waals surface area contributed by atoms with Gasteiger partial charge in [-0.15, -0.1) is 0 Å². The molecule has 1 unspecified atom stereocenters. The number of hydrogen-bond donors (Lipinski definition) is 2. The van der Waals surface area contributed by atoms with Crippen LogP contribution < -0.4 is 10.1 Å². The minimum Gasteiger partial charge on any atom is -0.494 e. The van der Waals surface area contributed by atoms with Crippen molar-refractivity contribution in [2.75, 3.05) is 7.11 Å². The van der Waals surface area contributed by atoms with Gasteiger partial charge in [-0.1, -0.05) is 6.07 Å². The third-order valence-corrected chi connectivity index (χ3v) is 4.68. The largest absolute Gasteiger partial charge is 0.494 e. The van der Waals surface area contributed by atoms with Crippen molar-refractivity contribution in [1.82, 2.24) is 15.1 Å².